The van der Waals surface area contributed by atoms with Crippen molar-refractivity contribution < 1.29 is 9.47 Å². The van der Waals surface area contributed by atoms with Gasteiger partial charge in [-0.3, -0.25) is 4.90 Å². The van der Waals surface area contributed by atoms with E-state index in [0.717, 1.165) is 60.9 Å². The van der Waals surface area contributed by atoms with Gasteiger partial charge in [-0.15, -0.1) is 0 Å². The second-order valence-electron chi connectivity index (χ2n) is 4.89. The second kappa shape index (κ2) is 5.95. The lowest BCUT2D eigenvalue weighted by Crippen LogP contribution is -2.38. The molecule has 1 N–H and O–H groups in total. The van der Waals surface area contributed by atoms with E-state index in [9.17, 15) is 0 Å². The normalized spacial score (nSPS) is 16.6. The zero-order valence-electron chi connectivity index (χ0n) is 11.6. The number of hydrogen-bond acceptors (Lipinski definition) is 4. The van der Waals surface area contributed by atoms with Gasteiger partial charge in [-0.2, -0.15) is 0 Å². The van der Waals surface area contributed by atoms with Gasteiger partial charge in [0.2, 0.25) is 0 Å². The predicted molar refractivity (Wildman–Crippen MR) is 80.9 cm³/mol. The molecule has 0 saturated carbocycles. The summed E-state index contributed by atoms with van der Waals surface area (Å²) in [6.45, 7) is 5.52. The minimum absolute atomic E-state index is 0.748. The molecule has 1 saturated heterocycles. The first-order chi connectivity index (χ1) is 9.79. The van der Waals surface area contributed by atoms with Gasteiger partial charge in [0.05, 0.1) is 25.8 Å². The predicted octanol–water partition coefficient (Wildman–Crippen LogP) is 2.04. The molecule has 1 aliphatic heterocycles. The van der Waals surface area contributed by atoms with Crippen molar-refractivity contribution in [2.45, 2.75) is 6.54 Å². The average Bonchev–Trinajstić information content (AvgIpc) is 2.81. The largest absolute Gasteiger partial charge is 0.494 e. The Bertz CT molecular complexity index is 643. The lowest BCUT2D eigenvalue weighted by atomic mass is 10.3. The summed E-state index contributed by atoms with van der Waals surface area (Å²) in [4.78, 5) is 5.65. The highest BCUT2D eigenvalue weighted by Crippen LogP contribution is 2.24. The van der Waals surface area contributed by atoms with Gasteiger partial charge in [-0.25, -0.2) is 0 Å². The maximum absolute atomic E-state index is 5.44. The standard InChI is InChI=1S/C14H19N3O2S/c1-18-12-4-2-3-11-13(12)15-14(20)17(11)6-5-16-7-9-19-10-8-16/h2-4H,5-10H2,1H3,(H,15,20). The van der Waals surface area contributed by atoms with Crippen molar-refractivity contribution in [2.75, 3.05) is 40.0 Å². The molecule has 0 amide bonds. The van der Waals surface area contributed by atoms with Crippen LogP contribution in [0.5, 0.6) is 5.75 Å². The molecular weight excluding hydrogens is 274 g/mol. The van der Waals surface area contributed by atoms with Gasteiger partial charge in [-0.1, -0.05) is 6.07 Å². The molecule has 2 aromatic rings. The molecule has 0 radical (unpaired) electrons. The van der Waals surface area contributed by atoms with Gasteiger partial charge in [0.25, 0.3) is 0 Å². The molecule has 0 spiro atoms. The summed E-state index contributed by atoms with van der Waals surface area (Å²) in [5.41, 5.74) is 2.07. The van der Waals surface area contributed by atoms with E-state index in [2.05, 4.69) is 20.5 Å². The fourth-order valence-corrected chi connectivity index (χ4v) is 2.90. The van der Waals surface area contributed by atoms with Crippen molar-refractivity contribution in [2.24, 2.45) is 0 Å². The molecule has 20 heavy (non-hydrogen) atoms. The van der Waals surface area contributed by atoms with Gasteiger partial charge in [0.15, 0.2) is 4.77 Å². The highest BCUT2D eigenvalue weighted by molar-refractivity contribution is 7.71. The zero-order valence-corrected chi connectivity index (χ0v) is 12.4. The molecule has 0 unspecified atom stereocenters. The van der Waals surface area contributed by atoms with Crippen LogP contribution in [0.3, 0.4) is 0 Å². The van der Waals surface area contributed by atoms with E-state index >= 15 is 0 Å². The first-order valence-corrected chi connectivity index (χ1v) is 7.26. The van der Waals surface area contributed by atoms with E-state index in [1.165, 1.54) is 0 Å². The topological polar surface area (TPSA) is 42.4 Å². The second-order valence-corrected chi connectivity index (χ2v) is 5.28. The number of imidazole rings is 1. The van der Waals surface area contributed by atoms with Crippen LogP contribution in [0.15, 0.2) is 18.2 Å². The van der Waals surface area contributed by atoms with Crippen molar-refractivity contribution in [3.8, 4) is 5.75 Å². The number of ether oxygens (including phenoxy) is 2. The van der Waals surface area contributed by atoms with Gasteiger partial charge in [-0.05, 0) is 24.4 Å². The fourth-order valence-electron chi connectivity index (χ4n) is 2.61. The molecule has 1 aliphatic rings. The molecule has 108 valence electrons. The van der Waals surface area contributed by atoms with Gasteiger partial charge >= 0.3 is 0 Å². The minimum atomic E-state index is 0.748. The number of rotatable bonds is 4. The number of aromatic nitrogens is 2. The number of aromatic amines is 1. The maximum atomic E-state index is 5.44. The molecule has 1 fully saturated rings. The number of methoxy groups -OCH3 is 1. The summed E-state index contributed by atoms with van der Waals surface area (Å²) in [5, 5.41) is 0. The Balaban J connectivity index is 1.84. The molecule has 0 aliphatic carbocycles. The molecule has 0 atom stereocenters. The summed E-state index contributed by atoms with van der Waals surface area (Å²) >= 11 is 5.44. The minimum Gasteiger partial charge on any atom is -0.494 e. The number of benzene rings is 1. The van der Waals surface area contributed by atoms with Crippen LogP contribution in [0.4, 0.5) is 0 Å². The van der Waals surface area contributed by atoms with E-state index in [1.54, 1.807) is 7.11 Å². The number of nitrogens with zero attached hydrogens (tertiary/aromatic N) is 2. The lowest BCUT2D eigenvalue weighted by molar-refractivity contribution is 0.0365. The molecule has 0 bridgehead atoms. The SMILES string of the molecule is COc1cccc2c1[nH]c(=S)n2CCN1CCOCC1. The lowest BCUT2D eigenvalue weighted by Gasteiger charge is -2.26. The molecule has 5 nitrogen and oxygen atoms in total. The third kappa shape index (κ3) is 2.59. The van der Waals surface area contributed by atoms with Crippen LogP contribution in [0.2, 0.25) is 0 Å². The Morgan fingerprint density at radius 3 is 2.85 bits per heavy atom. The van der Waals surface area contributed by atoms with Gasteiger partial charge in [0, 0.05) is 26.2 Å². The van der Waals surface area contributed by atoms with Crippen molar-refractivity contribution in [1.29, 1.82) is 0 Å². The monoisotopic (exact) mass is 293 g/mol. The maximum Gasteiger partial charge on any atom is 0.178 e. The summed E-state index contributed by atoms with van der Waals surface area (Å²) in [5.74, 6) is 0.832. The van der Waals surface area contributed by atoms with Crippen LogP contribution < -0.4 is 4.74 Å². The Morgan fingerprint density at radius 1 is 1.30 bits per heavy atom. The zero-order chi connectivity index (χ0) is 13.9. The summed E-state index contributed by atoms with van der Waals surface area (Å²) in [6.07, 6.45) is 0. The number of H-pyrrole nitrogens is 1. The first kappa shape index (κ1) is 13.6. The third-order valence-corrected chi connectivity index (χ3v) is 4.06. The first-order valence-electron chi connectivity index (χ1n) is 6.85. The highest BCUT2D eigenvalue weighted by Gasteiger charge is 2.12. The van der Waals surface area contributed by atoms with Crippen LogP contribution in [0.25, 0.3) is 11.0 Å². The van der Waals surface area contributed by atoms with Crippen LogP contribution in [0, 0.1) is 4.77 Å². The van der Waals surface area contributed by atoms with Gasteiger partial charge in [0.1, 0.15) is 11.3 Å². The Labute approximate surface area is 123 Å². The van der Waals surface area contributed by atoms with Crippen molar-refractivity contribution in [1.82, 2.24) is 14.5 Å². The molecule has 2 heterocycles. The number of para-hydroxylation sites is 1. The number of fused-ring (bicyclic) bond motifs is 1. The van der Waals surface area contributed by atoms with E-state index in [-0.39, 0.29) is 0 Å². The van der Waals surface area contributed by atoms with Gasteiger partial charge < -0.3 is 19.0 Å². The molecule has 1 aromatic carbocycles. The smallest absolute Gasteiger partial charge is 0.178 e. The number of hydrogen-bond donors (Lipinski definition) is 1. The summed E-state index contributed by atoms with van der Waals surface area (Å²) in [6, 6.07) is 6.01. The fraction of sp³-hybridized carbons (Fsp3) is 0.500. The Morgan fingerprint density at radius 2 is 2.10 bits per heavy atom. The van der Waals surface area contributed by atoms with E-state index in [0.29, 0.717) is 0 Å². The highest BCUT2D eigenvalue weighted by atomic mass is 32.1. The molecule has 6 heteroatoms. The number of nitrogens with one attached hydrogen (secondary N) is 1. The van der Waals surface area contributed by atoms with Crippen LogP contribution in [-0.4, -0.2) is 54.4 Å². The third-order valence-electron chi connectivity index (χ3n) is 3.74. The average molecular weight is 293 g/mol. The van der Waals surface area contributed by atoms with Crippen molar-refractivity contribution in [3.63, 3.8) is 0 Å². The Hall–Kier alpha value is -1.37. The number of morpholine rings is 1. The summed E-state index contributed by atoms with van der Waals surface area (Å²) in [7, 11) is 1.68. The molecule has 1 aromatic heterocycles. The Kier molecular flexibility index (Phi) is 4.05. The molecule has 3 rings (SSSR count). The van der Waals surface area contributed by atoms with E-state index in [1.807, 2.05) is 12.1 Å². The van der Waals surface area contributed by atoms with Crippen LogP contribution in [-0.2, 0) is 11.3 Å². The van der Waals surface area contributed by atoms with Crippen LogP contribution >= 0.6 is 12.2 Å². The van der Waals surface area contributed by atoms with E-state index in [4.69, 9.17) is 21.7 Å². The van der Waals surface area contributed by atoms with Crippen molar-refractivity contribution in [3.05, 3.63) is 23.0 Å². The van der Waals surface area contributed by atoms with Crippen molar-refractivity contribution >= 4 is 23.3 Å². The quantitative estimate of drug-likeness (QED) is 0.876. The van der Waals surface area contributed by atoms with Crippen LogP contribution in [0.1, 0.15) is 0 Å². The summed E-state index contributed by atoms with van der Waals surface area (Å²) < 4.78 is 13.6. The van der Waals surface area contributed by atoms with E-state index < -0.39 is 0 Å². The molecular formula is C14H19N3O2S.